The fourth-order valence-corrected chi connectivity index (χ4v) is 9.71. The molecule has 0 aliphatic carbocycles. The average molecular weight is 1020 g/mol. The highest BCUT2D eigenvalue weighted by Gasteiger charge is 2.22. The number of nitrogens with zero attached hydrogens (tertiary/aromatic N) is 1. The lowest BCUT2D eigenvalue weighted by Crippen LogP contribution is -2.37. The van der Waals surface area contributed by atoms with Crippen LogP contribution >= 0.6 is 7.82 Å². The molecule has 10 heteroatoms. The van der Waals surface area contributed by atoms with E-state index in [9.17, 15) is 19.0 Å². The Labute approximate surface area is 440 Å². The Morgan fingerprint density at radius 3 is 1.11 bits per heavy atom. The fraction of sp³-hybridized carbons (Fsp3) is 0.902. The summed E-state index contributed by atoms with van der Waals surface area (Å²) in [6, 6.07) is 0. The van der Waals surface area contributed by atoms with Crippen LogP contribution in [0, 0.1) is 0 Å². The quantitative estimate of drug-likeness (QED) is 0.0195. The van der Waals surface area contributed by atoms with Crippen LogP contribution in [0.1, 0.15) is 303 Å². The molecule has 0 bridgehead atoms. The number of ether oxygens (including phenoxy) is 2. The number of phosphoric acid groups is 1. The number of carbonyl (C=O) groups is 2. The smallest absolute Gasteiger partial charge is 0.306 e. The summed E-state index contributed by atoms with van der Waals surface area (Å²) in [5.41, 5.74) is 0. The maximum absolute atomic E-state index is 12.7. The third-order valence-electron chi connectivity index (χ3n) is 13.7. The molecule has 0 heterocycles. The van der Waals surface area contributed by atoms with E-state index in [4.69, 9.17) is 18.5 Å². The van der Waals surface area contributed by atoms with Gasteiger partial charge in [-0.25, -0.2) is 0 Å². The van der Waals surface area contributed by atoms with E-state index in [0.717, 1.165) is 44.9 Å². The molecular formula is C61H118NO8P. The van der Waals surface area contributed by atoms with Crippen molar-refractivity contribution < 1.29 is 42.1 Å². The Bertz CT molecular complexity index is 1250. The van der Waals surface area contributed by atoms with E-state index in [1.165, 1.54) is 225 Å². The van der Waals surface area contributed by atoms with Gasteiger partial charge in [0.2, 0.25) is 0 Å². The van der Waals surface area contributed by atoms with Crippen molar-refractivity contribution in [3.05, 3.63) is 24.3 Å². The van der Waals surface area contributed by atoms with Crippen molar-refractivity contribution in [1.82, 2.24) is 0 Å². The summed E-state index contributed by atoms with van der Waals surface area (Å²) >= 11 is 0. The molecule has 0 fully saturated rings. The van der Waals surface area contributed by atoms with E-state index < -0.39 is 26.5 Å². The van der Waals surface area contributed by atoms with Crippen LogP contribution in [0.5, 0.6) is 0 Å². The van der Waals surface area contributed by atoms with E-state index in [-0.39, 0.29) is 32.0 Å². The van der Waals surface area contributed by atoms with Crippen molar-refractivity contribution in [2.75, 3.05) is 47.5 Å². The molecule has 0 aliphatic heterocycles. The standard InChI is InChI=1S/C61H118NO8P/c1-6-8-10-12-14-15-16-17-18-19-20-21-22-23-24-25-26-27-28-29-30-31-32-33-34-35-36-37-38-39-40-41-42-43-44-45-46-47-48-50-52-54-61(64)70-59(57-67-60(63)53-51-49-13-11-9-7-2)58-69-71(65,66)68-56-55-62(3,4)5/h16-17,19-20,59H,6-15,18,21-58H2,1-5H3/b17-16-,20-19-. The maximum atomic E-state index is 12.7. The van der Waals surface area contributed by atoms with Gasteiger partial charge in [0.05, 0.1) is 27.7 Å². The first-order valence-corrected chi connectivity index (χ1v) is 32.0. The minimum Gasteiger partial charge on any atom is -0.756 e. The van der Waals surface area contributed by atoms with Crippen molar-refractivity contribution in [2.45, 2.75) is 309 Å². The van der Waals surface area contributed by atoms with E-state index in [0.29, 0.717) is 17.4 Å². The lowest BCUT2D eigenvalue weighted by molar-refractivity contribution is -0.870. The highest BCUT2D eigenvalue weighted by Crippen LogP contribution is 2.38. The highest BCUT2D eigenvalue weighted by molar-refractivity contribution is 7.45. The molecule has 0 saturated carbocycles. The monoisotopic (exact) mass is 1020 g/mol. The second-order valence-electron chi connectivity index (χ2n) is 22.1. The number of rotatable bonds is 57. The molecule has 0 aromatic rings. The molecule has 71 heavy (non-hydrogen) atoms. The second kappa shape index (κ2) is 53.3. The second-order valence-corrected chi connectivity index (χ2v) is 23.5. The van der Waals surface area contributed by atoms with Crippen LogP contribution in [0.3, 0.4) is 0 Å². The summed E-state index contributed by atoms with van der Waals surface area (Å²) in [6.07, 6.45) is 64.6. The zero-order valence-corrected chi connectivity index (χ0v) is 48.6. The Hall–Kier alpha value is -1.51. The van der Waals surface area contributed by atoms with E-state index >= 15 is 0 Å². The van der Waals surface area contributed by atoms with Crippen LogP contribution < -0.4 is 4.89 Å². The van der Waals surface area contributed by atoms with Crippen molar-refractivity contribution in [3.63, 3.8) is 0 Å². The first-order chi connectivity index (χ1) is 34.5. The average Bonchev–Trinajstić information content (AvgIpc) is 3.33. The largest absolute Gasteiger partial charge is 0.756 e. The number of hydrogen-bond acceptors (Lipinski definition) is 8. The topological polar surface area (TPSA) is 111 Å². The van der Waals surface area contributed by atoms with Gasteiger partial charge < -0.3 is 27.9 Å². The van der Waals surface area contributed by atoms with E-state index in [2.05, 4.69) is 38.2 Å². The molecule has 0 rings (SSSR count). The normalized spacial score (nSPS) is 13.4. The van der Waals surface area contributed by atoms with Crippen LogP contribution in [0.25, 0.3) is 0 Å². The predicted molar refractivity (Wildman–Crippen MR) is 301 cm³/mol. The fourth-order valence-electron chi connectivity index (χ4n) is 8.98. The number of hydrogen-bond donors (Lipinski definition) is 0. The summed E-state index contributed by atoms with van der Waals surface area (Å²) < 4.78 is 33.9. The third-order valence-corrected chi connectivity index (χ3v) is 14.7. The number of likely N-dealkylation sites (N-methyl/N-ethyl adjacent to an activating group) is 1. The Morgan fingerprint density at radius 2 is 0.761 bits per heavy atom. The summed E-state index contributed by atoms with van der Waals surface area (Å²) in [7, 11) is 1.18. The highest BCUT2D eigenvalue weighted by atomic mass is 31.2. The SMILES string of the molecule is CCCCCCC/C=C\C/C=C\CCCCCCCCCCCCCCCCCCCCCCCCCCCCCCCC(=O)OC(COC(=O)CCCCCCCC)COP(=O)([O-])OCC[N+](C)(C)C. The Kier molecular flexibility index (Phi) is 52.2. The number of esters is 2. The summed E-state index contributed by atoms with van der Waals surface area (Å²) in [4.78, 5) is 37.4. The molecule has 0 aromatic heterocycles. The molecule has 0 aromatic carbocycles. The van der Waals surface area contributed by atoms with Gasteiger partial charge in [-0.3, -0.25) is 14.2 Å². The van der Waals surface area contributed by atoms with Crippen molar-refractivity contribution in [2.24, 2.45) is 0 Å². The van der Waals surface area contributed by atoms with Gasteiger partial charge in [0.15, 0.2) is 6.10 Å². The zero-order valence-electron chi connectivity index (χ0n) is 47.7. The van der Waals surface area contributed by atoms with Gasteiger partial charge in [0.25, 0.3) is 7.82 Å². The van der Waals surface area contributed by atoms with E-state index in [1.54, 1.807) is 0 Å². The first kappa shape index (κ1) is 69.5. The molecule has 0 saturated heterocycles. The molecular weight excluding hydrogens is 906 g/mol. The molecule has 0 N–H and O–H groups in total. The van der Waals surface area contributed by atoms with Crippen LogP contribution in [0.2, 0.25) is 0 Å². The first-order valence-electron chi connectivity index (χ1n) is 30.5. The van der Waals surface area contributed by atoms with Crippen LogP contribution in [0.15, 0.2) is 24.3 Å². The Morgan fingerprint density at radius 1 is 0.437 bits per heavy atom. The van der Waals surface area contributed by atoms with Crippen molar-refractivity contribution in [1.29, 1.82) is 0 Å². The molecule has 2 unspecified atom stereocenters. The van der Waals surface area contributed by atoms with Gasteiger partial charge in [-0.05, 0) is 44.9 Å². The van der Waals surface area contributed by atoms with Gasteiger partial charge in [-0.15, -0.1) is 0 Å². The lowest BCUT2D eigenvalue weighted by Gasteiger charge is -2.28. The molecule has 0 spiro atoms. The van der Waals surface area contributed by atoms with Crippen molar-refractivity contribution >= 4 is 19.8 Å². The number of unbranched alkanes of at least 4 members (excludes halogenated alkanes) is 39. The van der Waals surface area contributed by atoms with Gasteiger partial charge >= 0.3 is 11.9 Å². The Balaban J connectivity index is 3.69. The van der Waals surface area contributed by atoms with Gasteiger partial charge in [-0.2, -0.15) is 0 Å². The minimum absolute atomic E-state index is 0.0272. The molecule has 0 aliphatic rings. The van der Waals surface area contributed by atoms with Crippen molar-refractivity contribution in [3.8, 4) is 0 Å². The number of allylic oxidation sites excluding steroid dienone is 4. The number of phosphoric ester groups is 1. The maximum Gasteiger partial charge on any atom is 0.306 e. The molecule has 0 amide bonds. The van der Waals surface area contributed by atoms with Gasteiger partial charge in [-0.1, -0.05) is 269 Å². The van der Waals surface area contributed by atoms with E-state index in [1.807, 2.05) is 21.1 Å². The van der Waals surface area contributed by atoms with Crippen LogP contribution in [0.4, 0.5) is 0 Å². The summed E-state index contributed by atoms with van der Waals surface area (Å²) in [6.45, 7) is 4.19. The third kappa shape index (κ3) is 57.6. The molecule has 420 valence electrons. The number of quaternary nitrogens is 1. The van der Waals surface area contributed by atoms with Crippen LogP contribution in [-0.4, -0.2) is 70.0 Å². The number of carbonyl (C=O) groups excluding carboxylic acids is 2. The lowest BCUT2D eigenvalue weighted by atomic mass is 10.0. The molecule has 0 radical (unpaired) electrons. The van der Waals surface area contributed by atoms with Gasteiger partial charge in [0, 0.05) is 12.8 Å². The summed E-state index contributed by atoms with van der Waals surface area (Å²) in [5.74, 6) is -0.829. The minimum atomic E-state index is -4.62. The summed E-state index contributed by atoms with van der Waals surface area (Å²) in [5, 5.41) is 0. The van der Waals surface area contributed by atoms with Crippen LogP contribution in [-0.2, 0) is 32.7 Å². The zero-order chi connectivity index (χ0) is 52.0. The van der Waals surface area contributed by atoms with Gasteiger partial charge in [0.1, 0.15) is 19.8 Å². The molecule has 2 atom stereocenters. The molecule has 9 nitrogen and oxygen atoms in total. The predicted octanol–water partition coefficient (Wildman–Crippen LogP) is 18.4.